The number of aliphatic hydroxyl groups is 1. The molecule has 0 aromatic carbocycles. The quantitative estimate of drug-likeness (QED) is 0.917. The van der Waals surface area contributed by atoms with Gasteiger partial charge in [0.2, 0.25) is 0 Å². The normalized spacial score (nSPS) is 16.1. The van der Waals surface area contributed by atoms with E-state index in [-0.39, 0.29) is 6.61 Å². The van der Waals surface area contributed by atoms with Crippen molar-refractivity contribution in [3.05, 3.63) is 54.1 Å². The summed E-state index contributed by atoms with van der Waals surface area (Å²) in [4.78, 5) is 13.3. The van der Waals surface area contributed by atoms with Gasteiger partial charge in [-0.2, -0.15) is 0 Å². The largest absolute Gasteiger partial charge is 0.390 e. The van der Waals surface area contributed by atoms with E-state index in [0.717, 1.165) is 49.8 Å². The molecule has 1 aliphatic rings. The van der Waals surface area contributed by atoms with Crippen LogP contribution in [0.5, 0.6) is 0 Å². The molecule has 110 valence electrons. The zero-order chi connectivity index (χ0) is 14.5. The van der Waals surface area contributed by atoms with Crippen molar-refractivity contribution in [3.8, 4) is 0 Å². The lowest BCUT2D eigenvalue weighted by Crippen LogP contribution is -2.46. The third kappa shape index (κ3) is 3.56. The van der Waals surface area contributed by atoms with E-state index in [1.807, 2.05) is 30.5 Å². The molecule has 2 aromatic heterocycles. The lowest BCUT2D eigenvalue weighted by molar-refractivity contribution is 0.247. The summed E-state index contributed by atoms with van der Waals surface area (Å²) in [6, 6.07) is 10.0. The van der Waals surface area contributed by atoms with Crippen LogP contribution in [0, 0.1) is 0 Å². The van der Waals surface area contributed by atoms with E-state index in [0.29, 0.717) is 0 Å². The van der Waals surface area contributed by atoms with Gasteiger partial charge in [-0.05, 0) is 24.3 Å². The average Bonchev–Trinajstić information content (AvgIpc) is 2.56. The number of rotatable bonds is 4. The van der Waals surface area contributed by atoms with Crippen LogP contribution in [0.4, 0.5) is 5.69 Å². The maximum atomic E-state index is 9.17. The van der Waals surface area contributed by atoms with Crippen LogP contribution < -0.4 is 4.90 Å². The molecule has 5 heteroatoms. The third-order valence-electron chi connectivity index (χ3n) is 3.81. The van der Waals surface area contributed by atoms with Crippen molar-refractivity contribution in [1.82, 2.24) is 14.9 Å². The highest BCUT2D eigenvalue weighted by molar-refractivity contribution is 5.46. The van der Waals surface area contributed by atoms with Crippen LogP contribution in [-0.4, -0.2) is 46.2 Å². The lowest BCUT2D eigenvalue weighted by Gasteiger charge is -2.36. The van der Waals surface area contributed by atoms with Gasteiger partial charge in [-0.15, -0.1) is 0 Å². The molecule has 0 bridgehead atoms. The Labute approximate surface area is 124 Å². The predicted molar refractivity (Wildman–Crippen MR) is 81.9 cm³/mol. The van der Waals surface area contributed by atoms with Crippen molar-refractivity contribution in [2.75, 3.05) is 31.1 Å². The summed E-state index contributed by atoms with van der Waals surface area (Å²) in [7, 11) is 0. The summed E-state index contributed by atoms with van der Waals surface area (Å²) >= 11 is 0. The van der Waals surface area contributed by atoms with E-state index < -0.39 is 0 Å². The van der Waals surface area contributed by atoms with E-state index in [4.69, 9.17) is 0 Å². The van der Waals surface area contributed by atoms with Gasteiger partial charge in [0, 0.05) is 50.8 Å². The fourth-order valence-corrected chi connectivity index (χ4v) is 2.63. The van der Waals surface area contributed by atoms with Crippen molar-refractivity contribution in [3.63, 3.8) is 0 Å². The Kier molecular flexibility index (Phi) is 4.43. The minimum absolute atomic E-state index is 0.00647. The molecule has 2 aromatic rings. The fraction of sp³-hybridized carbons (Fsp3) is 0.375. The number of piperazine rings is 1. The second kappa shape index (κ2) is 6.65. The molecule has 21 heavy (non-hydrogen) atoms. The first kappa shape index (κ1) is 14.0. The van der Waals surface area contributed by atoms with E-state index in [9.17, 15) is 5.11 Å². The van der Waals surface area contributed by atoms with Gasteiger partial charge in [-0.3, -0.25) is 14.9 Å². The summed E-state index contributed by atoms with van der Waals surface area (Å²) in [6.45, 7) is 4.92. The van der Waals surface area contributed by atoms with Crippen molar-refractivity contribution in [2.24, 2.45) is 0 Å². The predicted octanol–water partition coefficient (Wildman–Crippen LogP) is 1.29. The van der Waals surface area contributed by atoms with Crippen molar-refractivity contribution in [2.45, 2.75) is 13.2 Å². The standard InChI is InChI=1S/C16H20N4O/c21-13-15-11-16(4-6-18-15)20-9-7-19(8-10-20)12-14-3-1-2-5-17-14/h1-6,11,21H,7-10,12-13H2. The second-order valence-corrected chi connectivity index (χ2v) is 5.25. The zero-order valence-electron chi connectivity index (χ0n) is 12.0. The van der Waals surface area contributed by atoms with Crippen molar-refractivity contribution >= 4 is 5.69 Å². The SMILES string of the molecule is OCc1cc(N2CCN(Cc3ccccn3)CC2)ccn1. The summed E-state index contributed by atoms with van der Waals surface area (Å²) < 4.78 is 0. The molecule has 0 unspecified atom stereocenters. The number of aliphatic hydroxyl groups excluding tert-OH is 1. The van der Waals surface area contributed by atoms with Gasteiger partial charge in [0.05, 0.1) is 18.0 Å². The number of hydrogen-bond donors (Lipinski definition) is 1. The molecule has 0 radical (unpaired) electrons. The van der Waals surface area contributed by atoms with Crippen molar-refractivity contribution < 1.29 is 5.11 Å². The van der Waals surface area contributed by atoms with Crippen LogP contribution in [0.15, 0.2) is 42.7 Å². The van der Waals surface area contributed by atoms with Gasteiger partial charge in [-0.1, -0.05) is 6.07 Å². The zero-order valence-corrected chi connectivity index (χ0v) is 12.0. The first-order valence-corrected chi connectivity index (χ1v) is 7.28. The summed E-state index contributed by atoms with van der Waals surface area (Å²) in [5, 5.41) is 9.17. The van der Waals surface area contributed by atoms with Gasteiger partial charge < -0.3 is 10.0 Å². The highest BCUT2D eigenvalue weighted by atomic mass is 16.3. The molecule has 3 heterocycles. The molecule has 1 aliphatic heterocycles. The maximum absolute atomic E-state index is 9.17. The van der Waals surface area contributed by atoms with E-state index in [1.165, 1.54) is 0 Å². The molecular formula is C16H20N4O. The average molecular weight is 284 g/mol. The van der Waals surface area contributed by atoms with Gasteiger partial charge in [0.15, 0.2) is 0 Å². The minimum atomic E-state index is -0.00647. The van der Waals surface area contributed by atoms with Crippen LogP contribution in [0.25, 0.3) is 0 Å². The van der Waals surface area contributed by atoms with Crippen LogP contribution in [-0.2, 0) is 13.2 Å². The third-order valence-corrected chi connectivity index (χ3v) is 3.81. The first-order valence-electron chi connectivity index (χ1n) is 7.28. The second-order valence-electron chi connectivity index (χ2n) is 5.25. The number of hydrogen-bond acceptors (Lipinski definition) is 5. The molecular weight excluding hydrogens is 264 g/mol. The Morgan fingerprint density at radius 1 is 0.952 bits per heavy atom. The Balaban J connectivity index is 1.57. The number of nitrogens with zero attached hydrogens (tertiary/aromatic N) is 4. The molecule has 3 rings (SSSR count). The molecule has 0 saturated carbocycles. The lowest BCUT2D eigenvalue weighted by atomic mass is 10.2. The molecule has 1 fully saturated rings. The Hall–Kier alpha value is -1.98. The highest BCUT2D eigenvalue weighted by Gasteiger charge is 2.17. The summed E-state index contributed by atoms with van der Waals surface area (Å²) in [5.74, 6) is 0. The molecule has 0 spiro atoms. The van der Waals surface area contributed by atoms with E-state index in [1.54, 1.807) is 6.20 Å². The van der Waals surface area contributed by atoms with Crippen LogP contribution >= 0.6 is 0 Å². The van der Waals surface area contributed by atoms with Gasteiger partial charge in [0.1, 0.15) is 0 Å². The monoisotopic (exact) mass is 284 g/mol. The molecule has 1 N–H and O–H groups in total. The van der Waals surface area contributed by atoms with Crippen LogP contribution in [0.2, 0.25) is 0 Å². The number of pyridine rings is 2. The Bertz CT molecular complexity index is 567. The minimum Gasteiger partial charge on any atom is -0.390 e. The highest BCUT2D eigenvalue weighted by Crippen LogP contribution is 2.17. The first-order chi connectivity index (χ1) is 10.3. The van der Waals surface area contributed by atoms with Crippen molar-refractivity contribution in [1.29, 1.82) is 0 Å². The molecule has 5 nitrogen and oxygen atoms in total. The number of anilines is 1. The van der Waals surface area contributed by atoms with E-state index in [2.05, 4.69) is 25.8 Å². The smallest absolute Gasteiger partial charge is 0.0853 e. The molecule has 0 aliphatic carbocycles. The Morgan fingerprint density at radius 2 is 1.76 bits per heavy atom. The maximum Gasteiger partial charge on any atom is 0.0853 e. The van der Waals surface area contributed by atoms with Crippen LogP contribution in [0.1, 0.15) is 11.4 Å². The van der Waals surface area contributed by atoms with Gasteiger partial charge >= 0.3 is 0 Å². The van der Waals surface area contributed by atoms with Gasteiger partial charge in [0.25, 0.3) is 0 Å². The topological polar surface area (TPSA) is 52.5 Å². The fourth-order valence-electron chi connectivity index (χ4n) is 2.63. The summed E-state index contributed by atoms with van der Waals surface area (Å²) in [5.41, 5.74) is 2.99. The number of aromatic nitrogens is 2. The van der Waals surface area contributed by atoms with Crippen LogP contribution in [0.3, 0.4) is 0 Å². The molecule has 1 saturated heterocycles. The Morgan fingerprint density at radius 3 is 2.48 bits per heavy atom. The summed E-state index contributed by atoms with van der Waals surface area (Å²) in [6.07, 6.45) is 3.61. The molecule has 0 amide bonds. The molecule has 0 atom stereocenters. The van der Waals surface area contributed by atoms with Gasteiger partial charge in [-0.25, -0.2) is 0 Å². The van der Waals surface area contributed by atoms with E-state index >= 15 is 0 Å².